The summed E-state index contributed by atoms with van der Waals surface area (Å²) >= 11 is 1.48. The zero-order chi connectivity index (χ0) is 21.7. The van der Waals surface area contributed by atoms with Crippen LogP contribution in [0.5, 0.6) is 11.5 Å². The Balaban J connectivity index is 1.80. The zero-order valence-electron chi connectivity index (χ0n) is 17.7. The van der Waals surface area contributed by atoms with Crippen LogP contribution in [-0.2, 0) is 22.4 Å². The minimum atomic E-state index is -0.372. The van der Waals surface area contributed by atoms with Crippen molar-refractivity contribution in [2.75, 3.05) is 19.5 Å². The van der Waals surface area contributed by atoms with Gasteiger partial charge in [-0.15, -0.1) is 11.3 Å². The SMILES string of the molecule is COc1ccc(/C=C/C(=O)Nc2sc3c(c2C(=O)OC(C)C)CCCC3)cc1OC. The third-order valence-electron chi connectivity index (χ3n) is 4.79. The molecule has 0 atom stereocenters. The van der Waals surface area contributed by atoms with Gasteiger partial charge in [0, 0.05) is 11.0 Å². The molecule has 0 saturated heterocycles. The molecule has 3 rings (SSSR count). The Morgan fingerprint density at radius 1 is 1.10 bits per heavy atom. The van der Waals surface area contributed by atoms with Crippen LogP contribution in [0.15, 0.2) is 24.3 Å². The summed E-state index contributed by atoms with van der Waals surface area (Å²) in [6.07, 6.45) is 6.82. The fourth-order valence-electron chi connectivity index (χ4n) is 3.42. The molecule has 1 aliphatic rings. The lowest BCUT2D eigenvalue weighted by Gasteiger charge is -2.14. The van der Waals surface area contributed by atoms with Crippen molar-refractivity contribution in [2.24, 2.45) is 0 Å². The molecule has 2 aromatic rings. The van der Waals surface area contributed by atoms with Crippen LogP contribution in [0, 0.1) is 0 Å². The molecule has 1 N–H and O–H groups in total. The first-order valence-electron chi connectivity index (χ1n) is 9.99. The fraction of sp³-hybridized carbons (Fsp3) is 0.391. The molecular weight excluding hydrogens is 402 g/mol. The molecule has 0 saturated carbocycles. The average Bonchev–Trinajstić information content (AvgIpc) is 3.09. The molecule has 1 amide bonds. The van der Waals surface area contributed by atoms with E-state index in [1.807, 2.05) is 19.9 Å². The molecule has 160 valence electrons. The summed E-state index contributed by atoms with van der Waals surface area (Å²) in [6.45, 7) is 3.64. The van der Waals surface area contributed by atoms with E-state index in [0.29, 0.717) is 22.1 Å². The quantitative estimate of drug-likeness (QED) is 0.503. The van der Waals surface area contributed by atoms with E-state index in [1.165, 1.54) is 17.4 Å². The van der Waals surface area contributed by atoms with E-state index in [1.54, 1.807) is 32.4 Å². The summed E-state index contributed by atoms with van der Waals surface area (Å²) in [5.74, 6) is 0.534. The van der Waals surface area contributed by atoms with Crippen molar-refractivity contribution in [2.45, 2.75) is 45.6 Å². The van der Waals surface area contributed by atoms with Crippen molar-refractivity contribution in [3.05, 3.63) is 45.8 Å². The van der Waals surface area contributed by atoms with Crippen LogP contribution >= 0.6 is 11.3 Å². The van der Waals surface area contributed by atoms with Gasteiger partial charge in [0.2, 0.25) is 5.91 Å². The van der Waals surface area contributed by atoms with Crippen molar-refractivity contribution in [1.29, 1.82) is 0 Å². The highest BCUT2D eigenvalue weighted by Gasteiger charge is 2.27. The van der Waals surface area contributed by atoms with Gasteiger partial charge in [-0.25, -0.2) is 4.79 Å². The first-order chi connectivity index (χ1) is 14.4. The van der Waals surface area contributed by atoms with Gasteiger partial charge in [0.1, 0.15) is 5.00 Å². The van der Waals surface area contributed by atoms with Crippen molar-refractivity contribution < 1.29 is 23.8 Å². The van der Waals surface area contributed by atoms with Gasteiger partial charge in [0.25, 0.3) is 0 Å². The van der Waals surface area contributed by atoms with Gasteiger partial charge in [-0.2, -0.15) is 0 Å². The van der Waals surface area contributed by atoms with Gasteiger partial charge in [-0.05, 0) is 68.9 Å². The molecule has 0 unspecified atom stereocenters. The number of amides is 1. The Hall–Kier alpha value is -2.80. The van der Waals surface area contributed by atoms with E-state index in [0.717, 1.165) is 41.7 Å². The van der Waals surface area contributed by atoms with Crippen molar-refractivity contribution in [3.8, 4) is 11.5 Å². The minimum Gasteiger partial charge on any atom is -0.493 e. The van der Waals surface area contributed by atoms with Crippen LogP contribution in [-0.4, -0.2) is 32.2 Å². The fourth-order valence-corrected chi connectivity index (χ4v) is 4.71. The number of hydrogen-bond donors (Lipinski definition) is 1. The normalized spacial score (nSPS) is 13.2. The predicted octanol–water partition coefficient (Wildman–Crippen LogP) is 4.86. The van der Waals surface area contributed by atoms with Gasteiger partial charge in [0.15, 0.2) is 11.5 Å². The molecule has 0 aliphatic heterocycles. The van der Waals surface area contributed by atoms with E-state index in [9.17, 15) is 9.59 Å². The molecule has 1 heterocycles. The monoisotopic (exact) mass is 429 g/mol. The minimum absolute atomic E-state index is 0.217. The molecule has 6 nitrogen and oxygen atoms in total. The Bertz CT molecular complexity index is 961. The predicted molar refractivity (Wildman–Crippen MR) is 119 cm³/mol. The number of anilines is 1. The molecule has 0 radical (unpaired) electrons. The second-order valence-corrected chi connectivity index (χ2v) is 8.41. The van der Waals surface area contributed by atoms with Crippen LogP contribution in [0.3, 0.4) is 0 Å². The molecule has 1 aliphatic carbocycles. The van der Waals surface area contributed by atoms with E-state index in [4.69, 9.17) is 14.2 Å². The second-order valence-electron chi connectivity index (χ2n) is 7.31. The lowest BCUT2D eigenvalue weighted by Crippen LogP contribution is -2.17. The smallest absolute Gasteiger partial charge is 0.341 e. The largest absolute Gasteiger partial charge is 0.493 e. The summed E-state index contributed by atoms with van der Waals surface area (Å²) in [6, 6.07) is 5.40. The van der Waals surface area contributed by atoms with Crippen molar-refractivity contribution in [3.63, 3.8) is 0 Å². The van der Waals surface area contributed by atoms with Crippen LogP contribution < -0.4 is 14.8 Å². The Morgan fingerprint density at radius 2 is 1.83 bits per heavy atom. The van der Waals surface area contributed by atoms with Crippen LogP contribution in [0.2, 0.25) is 0 Å². The van der Waals surface area contributed by atoms with E-state index >= 15 is 0 Å². The molecule has 1 aromatic heterocycles. The first-order valence-corrected chi connectivity index (χ1v) is 10.8. The van der Waals surface area contributed by atoms with Gasteiger partial charge in [0.05, 0.1) is 25.9 Å². The highest BCUT2D eigenvalue weighted by molar-refractivity contribution is 7.17. The van der Waals surface area contributed by atoms with Crippen molar-refractivity contribution >= 4 is 34.3 Å². The van der Waals surface area contributed by atoms with Gasteiger partial charge >= 0.3 is 5.97 Å². The summed E-state index contributed by atoms with van der Waals surface area (Å²) in [5, 5.41) is 3.44. The molecule has 0 bridgehead atoms. The number of ether oxygens (including phenoxy) is 3. The van der Waals surface area contributed by atoms with Crippen molar-refractivity contribution in [1.82, 2.24) is 0 Å². The van der Waals surface area contributed by atoms with E-state index in [-0.39, 0.29) is 18.0 Å². The first kappa shape index (κ1) is 21.9. The number of hydrogen-bond acceptors (Lipinski definition) is 6. The van der Waals surface area contributed by atoms with Gasteiger partial charge in [-0.3, -0.25) is 4.79 Å². The summed E-state index contributed by atoms with van der Waals surface area (Å²) in [5.41, 5.74) is 2.33. The number of nitrogens with one attached hydrogen (secondary N) is 1. The number of carbonyl (C=O) groups excluding carboxylic acids is 2. The number of methoxy groups -OCH3 is 2. The highest BCUT2D eigenvalue weighted by atomic mass is 32.1. The molecule has 1 aromatic carbocycles. The molecule has 30 heavy (non-hydrogen) atoms. The second kappa shape index (κ2) is 9.80. The molecular formula is C23H27NO5S. The molecule has 7 heteroatoms. The van der Waals surface area contributed by atoms with E-state index < -0.39 is 0 Å². The van der Waals surface area contributed by atoms with E-state index in [2.05, 4.69) is 5.32 Å². The lowest BCUT2D eigenvalue weighted by atomic mass is 9.95. The Kier molecular flexibility index (Phi) is 7.15. The number of esters is 1. The maximum Gasteiger partial charge on any atom is 0.341 e. The standard InChI is InChI=1S/C23H27NO5S/c1-14(2)29-23(26)21-16-7-5-6-8-19(16)30-22(21)24-20(25)12-10-15-9-11-17(27-3)18(13-15)28-4/h9-14H,5-8H2,1-4H3,(H,24,25)/b12-10+. The number of thiophene rings is 1. The maximum atomic E-state index is 12.7. The highest BCUT2D eigenvalue weighted by Crippen LogP contribution is 2.38. The number of benzene rings is 1. The third kappa shape index (κ3) is 5.02. The summed E-state index contributed by atoms with van der Waals surface area (Å²) in [4.78, 5) is 26.4. The Morgan fingerprint density at radius 3 is 2.53 bits per heavy atom. The Labute approximate surface area is 180 Å². The van der Waals surface area contributed by atoms with Gasteiger partial charge in [-0.1, -0.05) is 6.07 Å². The topological polar surface area (TPSA) is 73.9 Å². The number of carbonyl (C=O) groups is 2. The number of rotatable bonds is 7. The third-order valence-corrected chi connectivity index (χ3v) is 6.00. The van der Waals surface area contributed by atoms with Gasteiger partial charge < -0.3 is 19.5 Å². The van der Waals surface area contributed by atoms with Crippen LogP contribution in [0.4, 0.5) is 5.00 Å². The summed E-state index contributed by atoms with van der Waals surface area (Å²) < 4.78 is 16.0. The van der Waals surface area contributed by atoms with Crippen LogP contribution in [0.1, 0.15) is 53.1 Å². The molecule has 0 spiro atoms. The number of fused-ring (bicyclic) bond motifs is 1. The molecule has 0 fully saturated rings. The average molecular weight is 430 g/mol. The lowest BCUT2D eigenvalue weighted by molar-refractivity contribution is -0.111. The van der Waals surface area contributed by atoms with Crippen LogP contribution in [0.25, 0.3) is 6.08 Å². The number of aryl methyl sites for hydroxylation is 1. The maximum absolute atomic E-state index is 12.7. The zero-order valence-corrected chi connectivity index (χ0v) is 18.6. The summed E-state index contributed by atoms with van der Waals surface area (Å²) in [7, 11) is 3.14.